The lowest BCUT2D eigenvalue weighted by atomic mass is 10.3. The third kappa shape index (κ3) is 5.26. The second-order valence-electron chi connectivity index (χ2n) is 6.06. The number of benzene rings is 1. The summed E-state index contributed by atoms with van der Waals surface area (Å²) in [5, 5.41) is 2.91. The van der Waals surface area contributed by atoms with Crippen molar-refractivity contribution in [1.29, 1.82) is 0 Å². The van der Waals surface area contributed by atoms with E-state index >= 15 is 0 Å². The number of imidazole rings is 1. The Labute approximate surface area is 177 Å². The van der Waals surface area contributed by atoms with Crippen molar-refractivity contribution < 1.29 is 9.21 Å². The molecule has 9 heteroatoms. The molecule has 0 aliphatic carbocycles. The maximum absolute atomic E-state index is 12.5. The van der Waals surface area contributed by atoms with Crippen LogP contribution in [0.25, 0.3) is 11.0 Å². The molecule has 1 amide bonds. The van der Waals surface area contributed by atoms with Gasteiger partial charge in [0.25, 0.3) is 5.91 Å². The number of aromatic nitrogens is 2. The molecular weight excluding hydrogens is 401 g/mol. The van der Waals surface area contributed by atoms with Crippen LogP contribution in [-0.2, 0) is 13.1 Å². The summed E-state index contributed by atoms with van der Waals surface area (Å²) in [5.41, 5.74) is 7.84. The molecule has 0 radical (unpaired) electrons. The lowest BCUT2D eigenvalue weighted by Gasteiger charge is -2.19. The largest absolute Gasteiger partial charge is 0.467 e. The van der Waals surface area contributed by atoms with Gasteiger partial charge in [0.2, 0.25) is 5.95 Å². The number of hydrogen-bond donors (Lipinski definition) is 2. The normalized spacial score (nSPS) is 10.6. The summed E-state index contributed by atoms with van der Waals surface area (Å²) in [5.74, 6) is 0.858. The van der Waals surface area contributed by atoms with Crippen molar-refractivity contribution in [3.8, 4) is 0 Å². The summed E-state index contributed by atoms with van der Waals surface area (Å²) in [4.78, 5) is 19.5. The van der Waals surface area contributed by atoms with E-state index in [-0.39, 0.29) is 37.3 Å². The van der Waals surface area contributed by atoms with Gasteiger partial charge in [0.1, 0.15) is 12.0 Å². The lowest BCUT2D eigenvalue weighted by molar-refractivity contribution is 0.102. The van der Waals surface area contributed by atoms with Gasteiger partial charge in [0.15, 0.2) is 0 Å². The van der Waals surface area contributed by atoms with Crippen LogP contribution in [0, 0.1) is 0 Å². The Balaban J connectivity index is 0.00000196. The number of rotatable bonds is 8. The standard InChI is InChI=1S/C19H25N5O2.2ClH/c1-3-23(4-2)9-10-24-17-8-6-5-7-16(17)21-19(24)22-18(25)14-11-15(12-20)26-13-14;;/h5-8,11,13H,3-4,9-10,12,20H2,1-2H3,(H,21,22,25);2*1H. The third-order valence-electron chi connectivity index (χ3n) is 4.53. The minimum Gasteiger partial charge on any atom is -0.467 e. The van der Waals surface area contributed by atoms with Crippen LogP contribution in [0.2, 0.25) is 0 Å². The first-order valence-corrected chi connectivity index (χ1v) is 8.92. The van der Waals surface area contributed by atoms with Crippen molar-refractivity contribution in [2.75, 3.05) is 25.0 Å². The Hall–Kier alpha value is -2.06. The van der Waals surface area contributed by atoms with Crippen LogP contribution in [-0.4, -0.2) is 40.0 Å². The van der Waals surface area contributed by atoms with E-state index in [1.807, 2.05) is 24.3 Å². The molecule has 0 bridgehead atoms. The smallest absolute Gasteiger partial charge is 0.261 e. The molecule has 0 spiro atoms. The molecule has 3 aromatic rings. The first kappa shape index (κ1) is 24.0. The quantitative estimate of drug-likeness (QED) is 0.573. The zero-order valence-electron chi connectivity index (χ0n) is 16.1. The van der Waals surface area contributed by atoms with E-state index in [1.54, 1.807) is 6.07 Å². The first-order chi connectivity index (χ1) is 12.7. The van der Waals surface area contributed by atoms with Gasteiger partial charge in [-0.1, -0.05) is 26.0 Å². The van der Waals surface area contributed by atoms with Gasteiger partial charge in [0.05, 0.1) is 23.1 Å². The molecule has 2 aromatic heterocycles. The summed E-state index contributed by atoms with van der Waals surface area (Å²) in [7, 11) is 0. The van der Waals surface area contributed by atoms with E-state index in [9.17, 15) is 4.79 Å². The van der Waals surface area contributed by atoms with Gasteiger partial charge < -0.3 is 19.6 Å². The number of amides is 1. The Bertz CT molecular complexity index is 889. The van der Waals surface area contributed by atoms with Crippen LogP contribution in [0.15, 0.2) is 41.0 Å². The molecule has 0 aliphatic heterocycles. The zero-order chi connectivity index (χ0) is 18.5. The second-order valence-corrected chi connectivity index (χ2v) is 6.06. The molecule has 1 aromatic carbocycles. The number of para-hydroxylation sites is 2. The maximum atomic E-state index is 12.5. The fraction of sp³-hybridized carbons (Fsp3) is 0.368. The average Bonchev–Trinajstić information content (AvgIpc) is 3.27. The predicted octanol–water partition coefficient (Wildman–Crippen LogP) is 3.53. The number of carbonyl (C=O) groups excluding carboxylic acids is 1. The molecule has 0 unspecified atom stereocenters. The highest BCUT2D eigenvalue weighted by atomic mass is 35.5. The fourth-order valence-corrected chi connectivity index (χ4v) is 2.96. The molecule has 3 N–H and O–H groups in total. The number of nitrogens with one attached hydrogen (secondary N) is 1. The van der Waals surface area contributed by atoms with Crippen molar-refractivity contribution in [2.24, 2.45) is 5.73 Å². The average molecular weight is 428 g/mol. The SMILES string of the molecule is CCN(CC)CCn1c(NC(=O)c2coc(CN)c2)nc2ccccc21.Cl.Cl. The second kappa shape index (κ2) is 11.1. The zero-order valence-corrected chi connectivity index (χ0v) is 17.7. The molecule has 2 heterocycles. The van der Waals surface area contributed by atoms with E-state index in [0.717, 1.165) is 37.2 Å². The number of halogens is 2. The number of hydrogen-bond acceptors (Lipinski definition) is 5. The van der Waals surface area contributed by atoms with E-state index in [4.69, 9.17) is 10.2 Å². The summed E-state index contributed by atoms with van der Waals surface area (Å²) < 4.78 is 7.30. The number of anilines is 1. The van der Waals surface area contributed by atoms with Crippen LogP contribution in [0.5, 0.6) is 0 Å². The van der Waals surface area contributed by atoms with E-state index in [1.165, 1.54) is 6.26 Å². The number of nitrogens with two attached hydrogens (primary N) is 1. The minimum atomic E-state index is -0.257. The van der Waals surface area contributed by atoms with Crippen molar-refractivity contribution >= 4 is 47.7 Å². The highest BCUT2D eigenvalue weighted by molar-refractivity contribution is 6.04. The molecule has 154 valence electrons. The molecule has 0 fully saturated rings. The van der Waals surface area contributed by atoms with Gasteiger partial charge in [0, 0.05) is 13.1 Å². The minimum absolute atomic E-state index is 0. The van der Waals surface area contributed by atoms with Gasteiger partial charge in [-0.2, -0.15) is 0 Å². The van der Waals surface area contributed by atoms with Crippen LogP contribution in [0.4, 0.5) is 5.95 Å². The predicted molar refractivity (Wildman–Crippen MR) is 117 cm³/mol. The van der Waals surface area contributed by atoms with Gasteiger partial charge in [-0.25, -0.2) is 4.98 Å². The third-order valence-corrected chi connectivity index (χ3v) is 4.53. The molecule has 28 heavy (non-hydrogen) atoms. The maximum Gasteiger partial charge on any atom is 0.261 e. The fourth-order valence-electron chi connectivity index (χ4n) is 2.96. The van der Waals surface area contributed by atoms with Crippen molar-refractivity contribution in [1.82, 2.24) is 14.5 Å². The summed E-state index contributed by atoms with van der Waals surface area (Å²) in [6.07, 6.45) is 1.42. The number of nitrogens with zero attached hydrogens (tertiary/aromatic N) is 3. The van der Waals surface area contributed by atoms with Crippen molar-refractivity contribution in [3.63, 3.8) is 0 Å². The van der Waals surface area contributed by atoms with Crippen LogP contribution < -0.4 is 11.1 Å². The number of furan rings is 1. The summed E-state index contributed by atoms with van der Waals surface area (Å²) >= 11 is 0. The molecule has 7 nitrogen and oxygen atoms in total. The molecule has 3 rings (SSSR count). The van der Waals surface area contributed by atoms with Gasteiger partial charge in [-0.3, -0.25) is 10.1 Å². The van der Waals surface area contributed by atoms with Crippen LogP contribution in [0.1, 0.15) is 30.0 Å². The number of carbonyl (C=O) groups is 1. The highest BCUT2D eigenvalue weighted by Gasteiger charge is 2.16. The van der Waals surface area contributed by atoms with Gasteiger partial charge in [-0.05, 0) is 31.3 Å². The first-order valence-electron chi connectivity index (χ1n) is 8.92. The lowest BCUT2D eigenvalue weighted by Crippen LogP contribution is -2.27. The highest BCUT2D eigenvalue weighted by Crippen LogP contribution is 2.20. The van der Waals surface area contributed by atoms with Crippen LogP contribution >= 0.6 is 24.8 Å². The summed E-state index contributed by atoms with van der Waals surface area (Å²) in [6.45, 7) is 8.16. The van der Waals surface area contributed by atoms with Crippen molar-refractivity contribution in [3.05, 3.63) is 47.9 Å². The topological polar surface area (TPSA) is 89.3 Å². The molecule has 0 aliphatic rings. The Kier molecular flexibility index (Phi) is 9.48. The molecule has 0 saturated carbocycles. The van der Waals surface area contributed by atoms with Crippen molar-refractivity contribution in [2.45, 2.75) is 26.9 Å². The Morgan fingerprint density at radius 3 is 2.61 bits per heavy atom. The number of likely N-dealkylation sites (N-methyl/N-ethyl adjacent to an activating group) is 1. The molecule has 0 atom stereocenters. The number of fused-ring (bicyclic) bond motifs is 1. The Morgan fingerprint density at radius 1 is 1.25 bits per heavy atom. The molecular formula is C19H27Cl2N5O2. The van der Waals surface area contributed by atoms with E-state index in [0.29, 0.717) is 17.3 Å². The Morgan fingerprint density at radius 2 is 1.96 bits per heavy atom. The molecule has 0 saturated heterocycles. The van der Waals surface area contributed by atoms with Gasteiger partial charge in [-0.15, -0.1) is 24.8 Å². The van der Waals surface area contributed by atoms with Gasteiger partial charge >= 0.3 is 0 Å². The summed E-state index contributed by atoms with van der Waals surface area (Å²) in [6, 6.07) is 9.54. The van der Waals surface area contributed by atoms with Crippen LogP contribution in [0.3, 0.4) is 0 Å². The van der Waals surface area contributed by atoms with E-state index < -0.39 is 0 Å². The monoisotopic (exact) mass is 427 g/mol. The van der Waals surface area contributed by atoms with E-state index in [2.05, 4.69) is 33.6 Å².